The number of alkyl halides is 3. The molecule has 6 heteroatoms. The molecule has 1 saturated heterocycles. The molecule has 1 heterocycles. The van der Waals surface area contributed by atoms with Crippen molar-refractivity contribution < 1.29 is 22.7 Å². The van der Waals surface area contributed by atoms with Gasteiger partial charge in [0.15, 0.2) is 0 Å². The Bertz CT molecular complexity index is 335. The zero-order valence-corrected chi connectivity index (χ0v) is 10.0. The van der Waals surface area contributed by atoms with Crippen LogP contribution in [0.25, 0.3) is 0 Å². The molecule has 0 aromatic rings. The number of carbonyl (C=O) groups is 1. The lowest BCUT2D eigenvalue weighted by atomic mass is 10.2. The molecule has 3 atom stereocenters. The molecule has 0 unspecified atom stereocenters. The minimum Gasteiger partial charge on any atom is -0.444 e. The number of hydrogen-bond donors (Lipinski definition) is 0. The minimum atomic E-state index is -4.20. The van der Waals surface area contributed by atoms with E-state index in [1.165, 1.54) is 4.90 Å². The Morgan fingerprint density at radius 2 is 1.88 bits per heavy atom. The van der Waals surface area contributed by atoms with Crippen LogP contribution in [0.4, 0.5) is 18.0 Å². The van der Waals surface area contributed by atoms with Crippen molar-refractivity contribution in [2.75, 3.05) is 6.54 Å². The van der Waals surface area contributed by atoms with Crippen LogP contribution in [0.5, 0.6) is 0 Å². The third-order valence-corrected chi connectivity index (χ3v) is 3.20. The molecule has 1 aliphatic carbocycles. The van der Waals surface area contributed by atoms with Gasteiger partial charge in [0.05, 0.1) is 12.0 Å². The van der Waals surface area contributed by atoms with E-state index in [4.69, 9.17) is 4.74 Å². The van der Waals surface area contributed by atoms with Gasteiger partial charge in [0, 0.05) is 6.54 Å². The van der Waals surface area contributed by atoms with Crippen molar-refractivity contribution in [3.63, 3.8) is 0 Å². The quantitative estimate of drug-likeness (QED) is 0.662. The number of carbonyl (C=O) groups excluding carboxylic acids is 1. The molecule has 0 radical (unpaired) electrons. The summed E-state index contributed by atoms with van der Waals surface area (Å²) >= 11 is 0. The molecule has 2 fully saturated rings. The molecule has 1 aliphatic heterocycles. The van der Waals surface area contributed by atoms with Gasteiger partial charge in [-0.1, -0.05) is 0 Å². The maximum absolute atomic E-state index is 12.6. The average Bonchev–Trinajstić information content (AvgIpc) is 2.65. The first kappa shape index (κ1) is 12.5. The van der Waals surface area contributed by atoms with Crippen molar-refractivity contribution in [2.24, 2.45) is 11.8 Å². The molecule has 3 nitrogen and oxygen atoms in total. The zero-order chi connectivity index (χ0) is 13.0. The molecule has 17 heavy (non-hydrogen) atoms. The van der Waals surface area contributed by atoms with E-state index >= 15 is 0 Å². The first-order chi connectivity index (χ1) is 7.61. The number of ether oxygens (including phenoxy) is 1. The standard InChI is InChI=1S/C11H16F3NO2/c1-10(2,3)17-9(16)15-5-4-6-7(8(6)15)11(12,13)14/h6-8H,4-5H2,1-3H3/t6-,7-,8-/m0/s1. The van der Waals surface area contributed by atoms with E-state index in [2.05, 4.69) is 0 Å². The van der Waals surface area contributed by atoms with Gasteiger partial charge in [0.25, 0.3) is 0 Å². The molecular weight excluding hydrogens is 235 g/mol. The lowest BCUT2D eigenvalue weighted by Crippen LogP contribution is -2.39. The first-order valence-corrected chi connectivity index (χ1v) is 5.67. The summed E-state index contributed by atoms with van der Waals surface area (Å²) in [7, 11) is 0. The number of hydrogen-bond acceptors (Lipinski definition) is 2. The van der Waals surface area contributed by atoms with Crippen molar-refractivity contribution in [2.45, 2.75) is 45.0 Å². The van der Waals surface area contributed by atoms with Crippen molar-refractivity contribution in [1.82, 2.24) is 4.90 Å². The monoisotopic (exact) mass is 251 g/mol. The number of fused-ring (bicyclic) bond motifs is 1. The minimum absolute atomic E-state index is 0.372. The first-order valence-electron chi connectivity index (χ1n) is 5.67. The van der Waals surface area contributed by atoms with E-state index < -0.39 is 35.7 Å². The van der Waals surface area contributed by atoms with Crippen LogP contribution in [0.3, 0.4) is 0 Å². The maximum Gasteiger partial charge on any atom is 0.410 e. The summed E-state index contributed by atoms with van der Waals surface area (Å²) in [5.74, 6) is -1.76. The third kappa shape index (κ3) is 2.35. The molecule has 0 aromatic heterocycles. The SMILES string of the molecule is CC(C)(C)OC(=O)N1CC[C@@H]2[C@H]1[C@H]2C(F)(F)F. The number of halogens is 3. The molecule has 98 valence electrons. The summed E-state index contributed by atoms with van der Waals surface area (Å²) in [5, 5.41) is 0. The number of rotatable bonds is 0. The molecule has 0 N–H and O–H groups in total. The fourth-order valence-electron chi connectivity index (χ4n) is 2.54. The van der Waals surface area contributed by atoms with Gasteiger partial charge in [0.1, 0.15) is 5.60 Å². The summed E-state index contributed by atoms with van der Waals surface area (Å²) in [6.45, 7) is 5.47. The Hall–Kier alpha value is -0.940. The van der Waals surface area contributed by atoms with E-state index in [9.17, 15) is 18.0 Å². The Morgan fingerprint density at radius 3 is 2.29 bits per heavy atom. The Kier molecular flexibility index (Phi) is 2.60. The van der Waals surface area contributed by atoms with E-state index in [1.807, 2.05) is 0 Å². The van der Waals surface area contributed by atoms with Crippen LogP contribution in [0, 0.1) is 11.8 Å². The molecule has 0 spiro atoms. The summed E-state index contributed by atoms with van der Waals surface area (Å²) < 4.78 is 42.8. The summed E-state index contributed by atoms with van der Waals surface area (Å²) in [4.78, 5) is 12.9. The lowest BCUT2D eigenvalue weighted by Gasteiger charge is -2.26. The highest BCUT2D eigenvalue weighted by atomic mass is 19.4. The lowest BCUT2D eigenvalue weighted by molar-refractivity contribution is -0.156. The van der Waals surface area contributed by atoms with Crippen molar-refractivity contribution in [3.05, 3.63) is 0 Å². The molecule has 1 saturated carbocycles. The summed E-state index contributed by atoms with van der Waals surface area (Å²) in [6, 6.07) is -0.690. The number of piperidine rings is 1. The fraction of sp³-hybridized carbons (Fsp3) is 0.909. The predicted molar refractivity (Wildman–Crippen MR) is 54.4 cm³/mol. The van der Waals surface area contributed by atoms with Gasteiger partial charge in [-0.25, -0.2) is 4.79 Å². The number of amides is 1. The second-order valence-corrected chi connectivity index (χ2v) is 5.68. The highest BCUT2D eigenvalue weighted by molar-refractivity contribution is 5.70. The van der Waals surface area contributed by atoms with E-state index in [0.717, 1.165) is 0 Å². The van der Waals surface area contributed by atoms with Crippen molar-refractivity contribution >= 4 is 6.09 Å². The Labute approximate surface area is 97.9 Å². The molecule has 1 amide bonds. The van der Waals surface area contributed by atoms with Crippen LogP contribution >= 0.6 is 0 Å². The molecule has 0 bridgehead atoms. The summed E-state index contributed by atoms with van der Waals surface area (Å²) in [5.41, 5.74) is -0.669. The normalized spacial score (nSPS) is 32.4. The van der Waals surface area contributed by atoms with Crippen molar-refractivity contribution in [1.29, 1.82) is 0 Å². The third-order valence-electron chi connectivity index (χ3n) is 3.20. The van der Waals surface area contributed by atoms with E-state index in [-0.39, 0.29) is 0 Å². The molecular formula is C11H16F3NO2. The number of likely N-dealkylation sites (tertiary alicyclic amines) is 1. The zero-order valence-electron chi connectivity index (χ0n) is 10.0. The second-order valence-electron chi connectivity index (χ2n) is 5.68. The highest BCUT2D eigenvalue weighted by Crippen LogP contribution is 2.58. The van der Waals surface area contributed by atoms with Gasteiger partial charge in [-0.2, -0.15) is 13.2 Å². The van der Waals surface area contributed by atoms with Gasteiger partial charge in [-0.15, -0.1) is 0 Å². The molecule has 2 aliphatic rings. The van der Waals surface area contributed by atoms with Crippen LogP contribution in [-0.2, 0) is 4.74 Å². The largest absolute Gasteiger partial charge is 0.444 e. The van der Waals surface area contributed by atoms with Gasteiger partial charge in [-0.05, 0) is 33.1 Å². The Balaban J connectivity index is 1.99. The van der Waals surface area contributed by atoms with E-state index in [1.54, 1.807) is 20.8 Å². The summed E-state index contributed by atoms with van der Waals surface area (Å²) in [6.07, 6.45) is -4.40. The topological polar surface area (TPSA) is 29.5 Å². The van der Waals surface area contributed by atoms with Crippen LogP contribution < -0.4 is 0 Å². The highest BCUT2D eigenvalue weighted by Gasteiger charge is 2.69. The van der Waals surface area contributed by atoms with Crippen LogP contribution in [0.2, 0.25) is 0 Å². The van der Waals surface area contributed by atoms with Crippen LogP contribution in [0.1, 0.15) is 27.2 Å². The van der Waals surface area contributed by atoms with Crippen LogP contribution in [0.15, 0.2) is 0 Å². The van der Waals surface area contributed by atoms with Gasteiger partial charge in [-0.3, -0.25) is 0 Å². The average molecular weight is 251 g/mol. The predicted octanol–water partition coefficient (Wildman–Crippen LogP) is 2.80. The van der Waals surface area contributed by atoms with Crippen LogP contribution in [-0.4, -0.2) is 35.4 Å². The molecule has 2 rings (SSSR count). The van der Waals surface area contributed by atoms with Gasteiger partial charge >= 0.3 is 12.3 Å². The molecule has 0 aromatic carbocycles. The Morgan fingerprint density at radius 1 is 1.29 bits per heavy atom. The van der Waals surface area contributed by atoms with Gasteiger partial charge < -0.3 is 9.64 Å². The van der Waals surface area contributed by atoms with E-state index in [0.29, 0.717) is 13.0 Å². The number of nitrogens with zero attached hydrogens (tertiary/aromatic N) is 1. The second kappa shape index (κ2) is 3.53. The van der Waals surface area contributed by atoms with Gasteiger partial charge in [0.2, 0.25) is 0 Å². The van der Waals surface area contributed by atoms with Crippen molar-refractivity contribution in [3.8, 4) is 0 Å². The maximum atomic E-state index is 12.6. The fourth-order valence-corrected chi connectivity index (χ4v) is 2.54. The smallest absolute Gasteiger partial charge is 0.410 e.